The topological polar surface area (TPSA) is 62.7 Å². The Bertz CT molecular complexity index is 506. The van der Waals surface area contributed by atoms with Gasteiger partial charge in [0.05, 0.1) is 0 Å². The Morgan fingerprint density at radius 2 is 1.90 bits per heavy atom. The number of pyridine rings is 1. The number of hydrogen-bond donors (Lipinski definition) is 0. The second-order valence-corrected chi connectivity index (χ2v) is 5.33. The summed E-state index contributed by atoms with van der Waals surface area (Å²) in [5.41, 5.74) is 0.455. The maximum absolute atomic E-state index is 12.3. The third kappa shape index (κ3) is 3.05. The van der Waals surface area contributed by atoms with Crippen molar-refractivity contribution in [3.8, 4) is 0 Å². The van der Waals surface area contributed by atoms with E-state index in [0.717, 1.165) is 12.8 Å². The first-order valence-corrected chi connectivity index (χ1v) is 7.36. The highest BCUT2D eigenvalue weighted by Gasteiger charge is 2.31. The van der Waals surface area contributed by atoms with Crippen molar-refractivity contribution in [2.75, 3.05) is 32.8 Å². The van der Waals surface area contributed by atoms with Crippen LogP contribution in [0.1, 0.15) is 23.3 Å². The molecule has 1 unspecified atom stereocenters. The minimum absolute atomic E-state index is 0.0671. The summed E-state index contributed by atoms with van der Waals surface area (Å²) < 4.78 is 5.43. The Morgan fingerprint density at radius 3 is 2.52 bits per heavy atom. The highest BCUT2D eigenvalue weighted by molar-refractivity contribution is 5.92. The summed E-state index contributed by atoms with van der Waals surface area (Å²) in [4.78, 5) is 32.1. The molecule has 0 bridgehead atoms. The van der Waals surface area contributed by atoms with Gasteiger partial charge in [0.1, 0.15) is 11.8 Å². The van der Waals surface area contributed by atoms with Crippen molar-refractivity contribution < 1.29 is 14.3 Å². The fraction of sp³-hybridized carbons (Fsp3) is 0.533. The van der Waals surface area contributed by atoms with Gasteiger partial charge in [0.25, 0.3) is 11.8 Å². The van der Waals surface area contributed by atoms with Crippen molar-refractivity contribution >= 4 is 11.8 Å². The molecule has 3 rings (SSSR count). The first-order valence-electron chi connectivity index (χ1n) is 7.36. The molecule has 2 fully saturated rings. The van der Waals surface area contributed by atoms with Gasteiger partial charge < -0.3 is 14.5 Å². The number of carbonyl (C=O) groups is 2. The smallest absolute Gasteiger partial charge is 0.272 e. The van der Waals surface area contributed by atoms with E-state index in [0.29, 0.717) is 38.5 Å². The van der Waals surface area contributed by atoms with Crippen molar-refractivity contribution in [1.29, 1.82) is 0 Å². The molecular weight excluding hydrogens is 270 g/mol. The summed E-state index contributed by atoms with van der Waals surface area (Å²) in [6, 6.07) is 5.30. The predicted molar refractivity (Wildman–Crippen MR) is 75.7 cm³/mol. The van der Waals surface area contributed by atoms with E-state index in [1.165, 1.54) is 0 Å². The van der Waals surface area contributed by atoms with E-state index >= 15 is 0 Å². The van der Waals surface area contributed by atoms with E-state index in [9.17, 15) is 9.59 Å². The molecule has 0 aromatic carbocycles. The maximum Gasteiger partial charge on any atom is 0.272 e. The standard InChI is InChI=1S/C15H19N3O3/c19-14(12-4-1-2-6-16-12)17-7-9-18(10-8-17)15(20)13-5-3-11-21-13/h1-2,4,6,13H,3,5,7-11H2. The summed E-state index contributed by atoms with van der Waals surface area (Å²) in [5.74, 6) is -0.00255. The van der Waals surface area contributed by atoms with Gasteiger partial charge >= 0.3 is 0 Å². The SMILES string of the molecule is O=C(c1ccccn1)N1CCN(C(=O)C2CCCO2)CC1. The van der Waals surface area contributed by atoms with Gasteiger partial charge in [-0.1, -0.05) is 6.07 Å². The Labute approximate surface area is 123 Å². The summed E-state index contributed by atoms with van der Waals surface area (Å²) >= 11 is 0. The zero-order chi connectivity index (χ0) is 14.7. The second-order valence-electron chi connectivity index (χ2n) is 5.33. The Balaban J connectivity index is 1.55. The first kappa shape index (κ1) is 14.0. The maximum atomic E-state index is 12.3. The zero-order valence-corrected chi connectivity index (χ0v) is 11.9. The Morgan fingerprint density at radius 1 is 1.14 bits per heavy atom. The van der Waals surface area contributed by atoms with Gasteiger partial charge in [0, 0.05) is 39.0 Å². The van der Waals surface area contributed by atoms with E-state index < -0.39 is 0 Å². The van der Waals surface area contributed by atoms with Gasteiger partial charge in [-0.25, -0.2) is 0 Å². The molecule has 6 nitrogen and oxygen atoms in total. The molecule has 6 heteroatoms. The number of nitrogens with zero attached hydrogens (tertiary/aromatic N) is 3. The highest BCUT2D eigenvalue weighted by Crippen LogP contribution is 2.16. The second kappa shape index (κ2) is 6.22. The van der Waals surface area contributed by atoms with Crippen molar-refractivity contribution in [2.24, 2.45) is 0 Å². The Hall–Kier alpha value is -1.95. The molecule has 2 amide bonds. The molecule has 1 aromatic rings. The number of piperazine rings is 1. The quantitative estimate of drug-likeness (QED) is 0.797. The third-order valence-corrected chi connectivity index (χ3v) is 3.97. The lowest BCUT2D eigenvalue weighted by Crippen LogP contribution is -2.52. The summed E-state index contributed by atoms with van der Waals surface area (Å²) in [5, 5.41) is 0. The van der Waals surface area contributed by atoms with Crippen LogP contribution in [0.5, 0.6) is 0 Å². The van der Waals surface area contributed by atoms with Gasteiger partial charge in [0.15, 0.2) is 0 Å². The molecule has 2 saturated heterocycles. The van der Waals surface area contributed by atoms with Crippen molar-refractivity contribution in [1.82, 2.24) is 14.8 Å². The number of amides is 2. The summed E-state index contributed by atoms with van der Waals surface area (Å²) in [6.45, 7) is 2.91. The lowest BCUT2D eigenvalue weighted by Gasteiger charge is -2.35. The summed E-state index contributed by atoms with van der Waals surface area (Å²) in [6.07, 6.45) is 3.10. The predicted octanol–water partition coefficient (Wildman–Crippen LogP) is 0.545. The highest BCUT2D eigenvalue weighted by atomic mass is 16.5. The molecule has 112 valence electrons. The molecule has 1 aromatic heterocycles. The van der Waals surface area contributed by atoms with Crippen LogP contribution in [0.4, 0.5) is 0 Å². The average molecular weight is 289 g/mol. The molecule has 2 aliphatic heterocycles. The molecule has 21 heavy (non-hydrogen) atoms. The molecule has 0 aliphatic carbocycles. The fourth-order valence-electron chi connectivity index (χ4n) is 2.76. The lowest BCUT2D eigenvalue weighted by molar-refractivity contribution is -0.142. The summed E-state index contributed by atoms with van der Waals surface area (Å²) in [7, 11) is 0. The normalized spacial score (nSPS) is 22.4. The molecule has 1 atom stereocenters. The molecule has 0 spiro atoms. The fourth-order valence-corrected chi connectivity index (χ4v) is 2.76. The molecular formula is C15H19N3O3. The van der Waals surface area contributed by atoms with Crippen LogP contribution in [0, 0.1) is 0 Å². The average Bonchev–Trinajstić information content (AvgIpc) is 3.09. The lowest BCUT2D eigenvalue weighted by atomic mass is 10.2. The van der Waals surface area contributed by atoms with E-state index in [2.05, 4.69) is 4.98 Å². The molecule has 0 saturated carbocycles. The Kier molecular flexibility index (Phi) is 4.15. The largest absolute Gasteiger partial charge is 0.368 e. The van der Waals surface area contributed by atoms with Crippen LogP contribution in [-0.4, -0.2) is 65.5 Å². The van der Waals surface area contributed by atoms with E-state index in [-0.39, 0.29) is 17.9 Å². The number of hydrogen-bond acceptors (Lipinski definition) is 4. The van der Waals surface area contributed by atoms with E-state index in [1.807, 2.05) is 0 Å². The van der Waals surface area contributed by atoms with Crippen molar-refractivity contribution in [3.05, 3.63) is 30.1 Å². The van der Waals surface area contributed by atoms with Gasteiger partial charge in [-0.2, -0.15) is 0 Å². The minimum Gasteiger partial charge on any atom is -0.368 e. The minimum atomic E-state index is -0.275. The number of carbonyl (C=O) groups excluding carboxylic acids is 2. The van der Waals surface area contributed by atoms with Crippen LogP contribution in [0.15, 0.2) is 24.4 Å². The van der Waals surface area contributed by atoms with E-state index in [1.54, 1.807) is 34.2 Å². The number of aromatic nitrogens is 1. The van der Waals surface area contributed by atoms with Crippen LogP contribution < -0.4 is 0 Å². The monoisotopic (exact) mass is 289 g/mol. The van der Waals surface area contributed by atoms with Gasteiger partial charge in [-0.05, 0) is 25.0 Å². The van der Waals surface area contributed by atoms with Gasteiger partial charge in [-0.15, -0.1) is 0 Å². The number of ether oxygens (including phenoxy) is 1. The van der Waals surface area contributed by atoms with Crippen LogP contribution in [0.3, 0.4) is 0 Å². The van der Waals surface area contributed by atoms with Gasteiger partial charge in [0.2, 0.25) is 0 Å². The van der Waals surface area contributed by atoms with Gasteiger partial charge in [-0.3, -0.25) is 14.6 Å². The number of rotatable bonds is 2. The zero-order valence-electron chi connectivity index (χ0n) is 11.9. The van der Waals surface area contributed by atoms with E-state index in [4.69, 9.17) is 4.74 Å². The molecule has 2 aliphatic rings. The van der Waals surface area contributed by atoms with Crippen LogP contribution in [0.25, 0.3) is 0 Å². The van der Waals surface area contributed by atoms with Crippen LogP contribution >= 0.6 is 0 Å². The molecule has 0 radical (unpaired) electrons. The van der Waals surface area contributed by atoms with Crippen LogP contribution in [-0.2, 0) is 9.53 Å². The third-order valence-electron chi connectivity index (χ3n) is 3.97. The van der Waals surface area contributed by atoms with Crippen molar-refractivity contribution in [3.63, 3.8) is 0 Å². The van der Waals surface area contributed by atoms with Crippen LogP contribution in [0.2, 0.25) is 0 Å². The first-order chi connectivity index (χ1) is 10.3. The van der Waals surface area contributed by atoms with Crippen molar-refractivity contribution in [2.45, 2.75) is 18.9 Å². The molecule has 0 N–H and O–H groups in total. The molecule has 3 heterocycles.